The number of nitrogens with one attached hydrogen (secondary N) is 1. The lowest BCUT2D eigenvalue weighted by Gasteiger charge is -2.35. The van der Waals surface area contributed by atoms with Crippen LogP contribution < -0.4 is 9.46 Å². The molecule has 0 radical (unpaired) electrons. The molecule has 1 amide bonds. The molecule has 2 aromatic carbocycles. The Morgan fingerprint density at radius 2 is 1.73 bits per heavy atom. The van der Waals surface area contributed by atoms with Crippen LogP contribution in [-0.2, 0) is 16.6 Å². The van der Waals surface area contributed by atoms with Gasteiger partial charge in [0.25, 0.3) is 15.9 Å². The van der Waals surface area contributed by atoms with Gasteiger partial charge in [0, 0.05) is 17.2 Å². The van der Waals surface area contributed by atoms with E-state index in [9.17, 15) is 17.6 Å². The van der Waals surface area contributed by atoms with Crippen LogP contribution in [0.2, 0.25) is 0 Å². The highest BCUT2D eigenvalue weighted by Gasteiger charge is 2.32. The molecule has 0 aliphatic carbocycles. The molecule has 12 heteroatoms. The van der Waals surface area contributed by atoms with Crippen LogP contribution in [0.1, 0.15) is 54.4 Å². The molecule has 230 valence electrons. The third-order valence-corrected chi connectivity index (χ3v) is 9.00. The van der Waals surface area contributed by atoms with Crippen LogP contribution in [0.5, 0.6) is 5.88 Å². The second kappa shape index (κ2) is 12.2. The van der Waals surface area contributed by atoms with Crippen molar-refractivity contribution < 1.29 is 22.3 Å². The lowest BCUT2D eigenvalue weighted by molar-refractivity contribution is 0.0506. The third kappa shape index (κ3) is 7.07. The van der Waals surface area contributed by atoms with E-state index in [0.717, 1.165) is 16.7 Å². The summed E-state index contributed by atoms with van der Waals surface area (Å²) >= 11 is 3.29. The number of ether oxygens (including phenoxy) is 1. The summed E-state index contributed by atoms with van der Waals surface area (Å²) in [4.78, 5) is 28.8. The van der Waals surface area contributed by atoms with Crippen LogP contribution in [-0.4, -0.2) is 46.8 Å². The van der Waals surface area contributed by atoms with Crippen molar-refractivity contribution in [2.24, 2.45) is 5.41 Å². The molecule has 1 aliphatic heterocycles. The number of anilines is 1. The molecule has 0 saturated heterocycles. The monoisotopic (exact) mass is 681 g/mol. The van der Waals surface area contributed by atoms with Crippen LogP contribution in [0.3, 0.4) is 0 Å². The van der Waals surface area contributed by atoms with Gasteiger partial charge in [0.1, 0.15) is 17.0 Å². The maximum atomic E-state index is 15.0. The summed E-state index contributed by atoms with van der Waals surface area (Å²) in [6, 6.07) is 15.4. The van der Waals surface area contributed by atoms with Crippen molar-refractivity contribution in [3.05, 3.63) is 93.5 Å². The summed E-state index contributed by atoms with van der Waals surface area (Å²) < 4.78 is 51.2. The number of sulfonamides is 1. The first-order valence-corrected chi connectivity index (χ1v) is 16.3. The van der Waals surface area contributed by atoms with Crippen molar-refractivity contribution in [3.8, 4) is 17.1 Å². The summed E-state index contributed by atoms with van der Waals surface area (Å²) in [6.07, 6.45) is 0.478. The minimum atomic E-state index is -4.21. The maximum Gasteiger partial charge on any atom is 0.264 e. The summed E-state index contributed by atoms with van der Waals surface area (Å²) in [5, 5.41) is 0. The number of carbonyl (C=O) groups is 1. The van der Waals surface area contributed by atoms with E-state index in [1.165, 1.54) is 41.3 Å². The van der Waals surface area contributed by atoms with Gasteiger partial charge in [-0.15, -0.1) is 0 Å². The van der Waals surface area contributed by atoms with E-state index in [1.54, 1.807) is 6.07 Å². The number of carbonyl (C=O) groups excluding carboxylic acids is 1. The Labute approximate surface area is 265 Å². The first-order valence-electron chi connectivity index (χ1n) is 14.0. The number of halogens is 2. The Hall–Kier alpha value is -3.90. The van der Waals surface area contributed by atoms with Crippen LogP contribution in [0.25, 0.3) is 11.3 Å². The average molecular weight is 683 g/mol. The van der Waals surface area contributed by atoms with E-state index >= 15 is 0 Å². The first kappa shape index (κ1) is 31.5. The number of fused-ring (bicyclic) bond motifs is 4. The molecule has 0 fully saturated rings. The number of rotatable bonds is 4. The highest BCUT2D eigenvalue weighted by Crippen LogP contribution is 2.32. The smallest absolute Gasteiger partial charge is 0.264 e. The van der Waals surface area contributed by atoms with Crippen molar-refractivity contribution in [1.29, 1.82) is 0 Å². The predicted molar refractivity (Wildman–Crippen MR) is 169 cm³/mol. The van der Waals surface area contributed by atoms with Crippen LogP contribution >= 0.6 is 15.9 Å². The lowest BCUT2D eigenvalue weighted by atomic mass is 9.87. The van der Waals surface area contributed by atoms with E-state index in [2.05, 4.69) is 35.6 Å². The number of aryl methyl sites for hydroxylation is 2. The van der Waals surface area contributed by atoms with E-state index in [1.807, 2.05) is 52.8 Å². The highest BCUT2D eigenvalue weighted by molar-refractivity contribution is 9.10. The van der Waals surface area contributed by atoms with Gasteiger partial charge < -0.3 is 9.64 Å². The Kier molecular flexibility index (Phi) is 8.77. The van der Waals surface area contributed by atoms with Gasteiger partial charge in [0.15, 0.2) is 0 Å². The standard InChI is InChI=1S/C32H33BrFN5O4S/c1-19-8-6-9-20(2)29(19)25-15-28-37-31(36-25)38-44(41,42)23-11-7-10-21(14-23)30(40)39(22(18-43-28)16-32(3,4)5)17-26-24(34)12-13-27(33)35-26/h6-15,22H,16-18H2,1-5H3,(H,36,37,38)/t22-/m1/s1. The molecule has 5 rings (SSSR count). The van der Waals surface area contributed by atoms with E-state index in [0.29, 0.717) is 16.7 Å². The number of hydrogen-bond donors (Lipinski definition) is 1. The molecule has 1 aliphatic rings. The minimum Gasteiger partial charge on any atom is -0.475 e. The minimum absolute atomic E-state index is 0.00623. The summed E-state index contributed by atoms with van der Waals surface area (Å²) in [5.41, 5.74) is 3.10. The highest BCUT2D eigenvalue weighted by atomic mass is 79.9. The van der Waals surface area contributed by atoms with Crippen LogP contribution in [0.4, 0.5) is 10.3 Å². The fourth-order valence-corrected chi connectivity index (χ4v) is 6.61. The molecule has 1 N–H and O–H groups in total. The van der Waals surface area contributed by atoms with Gasteiger partial charge in [-0.1, -0.05) is 45.0 Å². The maximum absolute atomic E-state index is 15.0. The second-order valence-electron chi connectivity index (χ2n) is 12.0. The summed E-state index contributed by atoms with van der Waals surface area (Å²) in [6.45, 7) is 9.82. The molecule has 0 saturated carbocycles. The lowest BCUT2D eigenvalue weighted by Crippen LogP contribution is -2.45. The van der Waals surface area contributed by atoms with Crippen molar-refractivity contribution in [1.82, 2.24) is 19.9 Å². The van der Waals surface area contributed by atoms with Gasteiger partial charge >= 0.3 is 0 Å². The zero-order valence-electron chi connectivity index (χ0n) is 25.1. The van der Waals surface area contributed by atoms with Crippen molar-refractivity contribution in [3.63, 3.8) is 0 Å². The number of hydrogen-bond acceptors (Lipinski definition) is 7. The number of pyridine rings is 1. The molecular weight excluding hydrogens is 649 g/mol. The quantitative estimate of drug-likeness (QED) is 0.239. The first-order chi connectivity index (χ1) is 20.7. The SMILES string of the molecule is Cc1cccc(C)c1-c1cc2nc(n1)NS(=O)(=O)c1cccc(c1)C(=O)N(Cc1nc(Br)ccc1F)[C@H](CC(C)(C)C)CO2. The average Bonchev–Trinajstić information content (AvgIpc) is 2.94. The Morgan fingerprint density at radius 1 is 1.02 bits per heavy atom. The van der Waals surface area contributed by atoms with E-state index in [-0.39, 0.29) is 46.5 Å². The fraction of sp³-hybridized carbons (Fsp3) is 0.312. The number of benzene rings is 2. The van der Waals surface area contributed by atoms with Crippen LogP contribution in [0, 0.1) is 25.1 Å². The molecule has 4 bridgehead atoms. The molecule has 0 unspecified atom stereocenters. The molecule has 1 atom stereocenters. The van der Waals surface area contributed by atoms with Gasteiger partial charge in [-0.25, -0.2) is 27.5 Å². The zero-order valence-corrected chi connectivity index (χ0v) is 27.5. The van der Waals surface area contributed by atoms with Crippen molar-refractivity contribution >= 4 is 37.8 Å². The summed E-state index contributed by atoms with van der Waals surface area (Å²) in [7, 11) is -4.21. The molecule has 2 aromatic heterocycles. The Morgan fingerprint density at radius 3 is 2.43 bits per heavy atom. The number of aromatic nitrogens is 3. The Bertz CT molecular complexity index is 1820. The summed E-state index contributed by atoms with van der Waals surface area (Å²) in [5.74, 6) is -1.10. The topological polar surface area (TPSA) is 114 Å². The Balaban J connectivity index is 1.70. The molecule has 4 aromatic rings. The van der Waals surface area contributed by atoms with Crippen molar-refractivity contribution in [2.75, 3.05) is 11.3 Å². The van der Waals surface area contributed by atoms with Gasteiger partial charge in [-0.3, -0.25) is 4.79 Å². The fourth-order valence-electron chi connectivity index (χ4n) is 5.28. The largest absolute Gasteiger partial charge is 0.475 e. The number of amides is 1. The normalized spacial score (nSPS) is 16.7. The van der Waals surface area contributed by atoms with Crippen LogP contribution in [0.15, 0.2) is 70.2 Å². The molecule has 0 spiro atoms. The molecule has 44 heavy (non-hydrogen) atoms. The van der Waals surface area contributed by atoms with Gasteiger partial charge in [-0.05, 0) is 83.1 Å². The number of nitrogens with zero attached hydrogens (tertiary/aromatic N) is 4. The van der Waals surface area contributed by atoms with Gasteiger partial charge in [0.05, 0.1) is 28.9 Å². The third-order valence-electron chi connectivity index (χ3n) is 7.23. The van der Waals surface area contributed by atoms with Gasteiger partial charge in [0.2, 0.25) is 11.8 Å². The molecule has 9 nitrogen and oxygen atoms in total. The van der Waals surface area contributed by atoms with E-state index < -0.39 is 27.8 Å². The zero-order chi connectivity index (χ0) is 31.8. The van der Waals surface area contributed by atoms with E-state index in [4.69, 9.17) is 4.74 Å². The molecular formula is C32H33BrFN5O4S. The molecule has 3 heterocycles. The second-order valence-corrected chi connectivity index (χ2v) is 14.5. The predicted octanol–water partition coefficient (Wildman–Crippen LogP) is 6.70. The van der Waals surface area contributed by atoms with Crippen molar-refractivity contribution in [2.45, 2.75) is 58.5 Å². The van der Waals surface area contributed by atoms with Gasteiger partial charge in [-0.2, -0.15) is 4.98 Å².